The molecule has 0 spiro atoms. The number of unbranched alkanes of at least 4 members (excludes halogenated alkanes) is 18. The van der Waals surface area contributed by atoms with Crippen LogP contribution in [0.3, 0.4) is 0 Å². The summed E-state index contributed by atoms with van der Waals surface area (Å²) in [6.07, 6.45) is 40.7. The Morgan fingerprint density at radius 3 is 1.75 bits per heavy atom. The molecular weight excluding hydrogens is 591 g/mol. The number of nitrogens with zero attached hydrogens (tertiary/aromatic N) is 4. The molecule has 2 heterocycles. The normalized spacial score (nSPS) is 13.1. The van der Waals surface area contributed by atoms with Crippen LogP contribution in [0.1, 0.15) is 166 Å². The lowest BCUT2D eigenvalue weighted by Crippen LogP contribution is -2.36. The van der Waals surface area contributed by atoms with Crippen LogP contribution in [0.15, 0.2) is 37.4 Å². The van der Waals surface area contributed by atoms with E-state index in [1.807, 2.05) is 35.8 Å². The second-order valence-corrected chi connectivity index (χ2v) is 13.5. The van der Waals surface area contributed by atoms with Crippen LogP contribution in [-0.4, -0.2) is 22.3 Å². The van der Waals surface area contributed by atoms with Crippen molar-refractivity contribution in [3.8, 4) is 0 Å². The van der Waals surface area contributed by atoms with Crippen molar-refractivity contribution in [2.24, 2.45) is 0 Å². The lowest BCUT2D eigenvalue weighted by atomic mass is 10.1. The van der Waals surface area contributed by atoms with Crippen molar-refractivity contribution < 1.29 is 18.6 Å². The summed E-state index contributed by atoms with van der Waals surface area (Å²) in [5, 5.41) is 0. The van der Waals surface area contributed by atoms with Crippen molar-refractivity contribution in [1.82, 2.24) is 9.13 Å². The molecule has 0 bridgehead atoms. The van der Waals surface area contributed by atoms with E-state index in [0.29, 0.717) is 13.3 Å². The molecule has 0 aliphatic heterocycles. The van der Waals surface area contributed by atoms with Crippen LogP contribution >= 0.6 is 23.2 Å². The predicted molar refractivity (Wildman–Crippen MR) is 184 cm³/mol. The number of rotatable bonds is 31. The molecule has 0 N–H and O–H groups in total. The van der Waals surface area contributed by atoms with Crippen molar-refractivity contribution in [2.75, 3.05) is 13.2 Å². The van der Waals surface area contributed by atoms with E-state index in [1.165, 1.54) is 116 Å². The molecule has 44 heavy (non-hydrogen) atoms. The van der Waals surface area contributed by atoms with E-state index in [2.05, 4.69) is 33.7 Å². The minimum Gasteiger partial charge on any atom is -0.342 e. The Bertz CT molecular complexity index is 906. The van der Waals surface area contributed by atoms with Gasteiger partial charge in [0.15, 0.2) is 12.2 Å². The summed E-state index contributed by atoms with van der Waals surface area (Å²) < 4.78 is 20.0. The maximum Gasteiger partial charge on any atom is 0.281 e. The van der Waals surface area contributed by atoms with Crippen LogP contribution in [0.4, 0.5) is 0 Å². The van der Waals surface area contributed by atoms with Gasteiger partial charge in [-0.15, -0.1) is 0 Å². The summed E-state index contributed by atoms with van der Waals surface area (Å²) in [6, 6.07) is 0. The van der Waals surface area contributed by atoms with E-state index >= 15 is 0 Å². The second kappa shape index (κ2) is 27.1. The van der Waals surface area contributed by atoms with Crippen LogP contribution in [0.5, 0.6) is 0 Å². The number of halogens is 2. The second-order valence-electron chi connectivity index (χ2n) is 12.6. The maximum absolute atomic E-state index is 6.71. The number of hydrogen-bond donors (Lipinski definition) is 0. The number of imidazole rings is 2. The highest BCUT2D eigenvalue weighted by Gasteiger charge is 2.17. The molecule has 0 radical (unpaired) electrons. The van der Waals surface area contributed by atoms with E-state index < -0.39 is 5.69 Å². The highest BCUT2D eigenvalue weighted by Crippen LogP contribution is 2.18. The molecule has 2 atom stereocenters. The molecule has 0 aliphatic rings. The molecule has 254 valence electrons. The van der Waals surface area contributed by atoms with E-state index in [-0.39, 0.29) is 5.50 Å². The minimum absolute atomic E-state index is 0.0777. The fourth-order valence-electron chi connectivity index (χ4n) is 5.63. The van der Waals surface area contributed by atoms with Crippen molar-refractivity contribution in [2.45, 2.75) is 180 Å². The average Bonchev–Trinajstić information content (AvgIpc) is 3.71. The van der Waals surface area contributed by atoms with Gasteiger partial charge in [-0.1, -0.05) is 141 Å². The Balaban J connectivity index is 1.47. The van der Waals surface area contributed by atoms with Gasteiger partial charge in [0.2, 0.25) is 12.7 Å². The minimum atomic E-state index is -0.460. The first-order chi connectivity index (χ1) is 21.6. The Labute approximate surface area is 280 Å². The van der Waals surface area contributed by atoms with Gasteiger partial charge in [0.1, 0.15) is 24.8 Å². The van der Waals surface area contributed by atoms with Crippen LogP contribution in [0, 0.1) is 0 Å². The monoisotopic (exact) mass is 656 g/mol. The molecule has 0 aliphatic carbocycles. The van der Waals surface area contributed by atoms with Crippen LogP contribution < -0.4 is 9.13 Å². The largest absolute Gasteiger partial charge is 0.342 e. The van der Waals surface area contributed by atoms with Gasteiger partial charge < -0.3 is 9.47 Å². The zero-order chi connectivity index (χ0) is 31.5. The smallest absolute Gasteiger partial charge is 0.281 e. The van der Waals surface area contributed by atoms with Gasteiger partial charge in [0, 0.05) is 6.42 Å². The van der Waals surface area contributed by atoms with Crippen LogP contribution in [0.2, 0.25) is 0 Å². The Morgan fingerprint density at radius 1 is 0.614 bits per heavy atom. The third-order valence-corrected chi connectivity index (χ3v) is 9.27. The van der Waals surface area contributed by atoms with Crippen molar-refractivity contribution in [1.29, 1.82) is 0 Å². The first-order valence-corrected chi connectivity index (χ1v) is 19.1. The lowest BCUT2D eigenvalue weighted by molar-refractivity contribution is -0.739. The number of alkyl halides is 2. The molecule has 2 aromatic rings. The number of aromatic nitrogens is 4. The van der Waals surface area contributed by atoms with E-state index in [0.717, 1.165) is 38.8 Å². The molecule has 2 rings (SSSR count). The molecule has 8 heteroatoms. The molecule has 2 aromatic heterocycles. The lowest BCUT2D eigenvalue weighted by Gasteiger charge is -2.08. The summed E-state index contributed by atoms with van der Waals surface area (Å²) >= 11 is 13.2. The van der Waals surface area contributed by atoms with Gasteiger partial charge in [-0.3, -0.25) is 0 Å². The zero-order valence-electron chi connectivity index (χ0n) is 28.4. The Hall–Kier alpha value is -1.08. The first kappa shape index (κ1) is 39.1. The van der Waals surface area contributed by atoms with Crippen LogP contribution in [0.25, 0.3) is 0 Å². The molecule has 6 nitrogen and oxygen atoms in total. The van der Waals surface area contributed by atoms with E-state index in [4.69, 9.17) is 32.7 Å². The van der Waals surface area contributed by atoms with Gasteiger partial charge in [0.05, 0.1) is 19.8 Å². The zero-order valence-corrected chi connectivity index (χ0v) is 29.9. The number of aryl methyl sites for hydroxylation is 1. The van der Waals surface area contributed by atoms with E-state index in [9.17, 15) is 0 Å². The molecule has 0 amide bonds. The predicted octanol–water partition coefficient (Wildman–Crippen LogP) is 10.6. The fraction of sp³-hybridized carbons (Fsp3) is 0.833. The standard InChI is InChI=1S/C36H66Cl2N4O2/c1-3-5-7-9-11-13-15-17-19-21-30-43-34-40-27-28-41(33-40)35(37)24-23-25-39-26-29-42(32-39)36(38)44-31-22-20-18-16-14-12-10-8-6-4-2/h26-29,32-33,35-36H,3-25,30-31,34H2,1-2H3/q+2. The summed E-state index contributed by atoms with van der Waals surface area (Å²) in [5.74, 6) is 0. The highest BCUT2D eigenvalue weighted by atomic mass is 35.5. The summed E-state index contributed by atoms with van der Waals surface area (Å²) in [5.41, 5.74) is -0.538. The van der Waals surface area contributed by atoms with Gasteiger partial charge in [-0.25, -0.2) is 13.7 Å². The van der Waals surface area contributed by atoms with Crippen molar-refractivity contribution in [3.05, 3.63) is 37.4 Å². The van der Waals surface area contributed by atoms with Gasteiger partial charge in [-0.05, 0) is 30.9 Å². The number of ether oxygens (including phenoxy) is 2. The van der Waals surface area contributed by atoms with Gasteiger partial charge in [0.25, 0.3) is 5.69 Å². The highest BCUT2D eigenvalue weighted by molar-refractivity contribution is 6.19. The first-order valence-electron chi connectivity index (χ1n) is 18.2. The van der Waals surface area contributed by atoms with Crippen LogP contribution in [-0.2, 0) is 22.7 Å². The molecule has 0 saturated carbocycles. The van der Waals surface area contributed by atoms with Gasteiger partial charge >= 0.3 is 0 Å². The van der Waals surface area contributed by atoms with Crippen molar-refractivity contribution >= 4 is 23.2 Å². The molecular formula is C36H66Cl2N4O2+2. The third-order valence-electron chi connectivity index (χ3n) is 8.48. The molecule has 0 saturated heterocycles. The van der Waals surface area contributed by atoms with E-state index in [1.54, 1.807) is 0 Å². The van der Waals surface area contributed by atoms with Crippen molar-refractivity contribution in [3.63, 3.8) is 0 Å². The summed E-state index contributed by atoms with van der Waals surface area (Å²) in [6.45, 7) is 7.55. The third kappa shape index (κ3) is 19.4. The average molecular weight is 658 g/mol. The topological polar surface area (TPSA) is 36.1 Å². The Kier molecular flexibility index (Phi) is 24.1. The SMILES string of the molecule is CCCCCCCCCCCCOC[n+]1ccn(C(Cl)CCCn2cc[n+](C(Cl)OCCCCCCCCCCCC)c2)c1. The molecule has 2 unspecified atom stereocenters. The maximum atomic E-state index is 6.71. The fourth-order valence-corrected chi connectivity index (χ4v) is 6.10. The Morgan fingerprint density at radius 2 is 1.16 bits per heavy atom. The van der Waals surface area contributed by atoms with Gasteiger partial charge in [-0.2, -0.15) is 4.57 Å². The molecule has 0 aromatic carbocycles. The summed E-state index contributed by atoms with van der Waals surface area (Å²) in [4.78, 5) is 0. The quantitative estimate of drug-likeness (QED) is 0.0460. The number of hydrogen-bond acceptors (Lipinski definition) is 2. The molecule has 0 fully saturated rings. The summed E-state index contributed by atoms with van der Waals surface area (Å²) in [7, 11) is 0.